The van der Waals surface area contributed by atoms with Gasteiger partial charge in [-0.1, -0.05) is 102 Å². The van der Waals surface area contributed by atoms with E-state index in [0.717, 1.165) is 52.2 Å². The van der Waals surface area contributed by atoms with Crippen molar-refractivity contribution in [1.82, 2.24) is 10.2 Å². The zero-order valence-electron chi connectivity index (χ0n) is 26.2. The fraction of sp³-hybridized carbons (Fsp3) is 0.297. The number of nitrogens with one attached hydrogen (secondary N) is 1. The van der Waals surface area contributed by atoms with E-state index in [1.165, 1.54) is 17.0 Å². The second-order valence-electron chi connectivity index (χ2n) is 12.0. The molecule has 1 aliphatic carbocycles. The van der Waals surface area contributed by atoms with Crippen molar-refractivity contribution < 1.29 is 18.0 Å². The minimum atomic E-state index is -4.17. The Morgan fingerprint density at radius 3 is 2.00 bits per heavy atom. The Hall–Kier alpha value is -4.14. The lowest BCUT2D eigenvalue weighted by Crippen LogP contribution is -2.54. The zero-order chi connectivity index (χ0) is 32.7. The molecule has 0 spiro atoms. The lowest BCUT2D eigenvalue weighted by atomic mass is 10.0. The molecule has 0 aliphatic heterocycles. The van der Waals surface area contributed by atoms with E-state index in [2.05, 4.69) is 5.32 Å². The van der Waals surface area contributed by atoms with Crippen LogP contribution >= 0.6 is 11.6 Å². The number of rotatable bonds is 12. The highest BCUT2D eigenvalue weighted by atomic mass is 35.5. The molecule has 1 N–H and O–H groups in total. The van der Waals surface area contributed by atoms with Crippen LogP contribution in [0.15, 0.2) is 108 Å². The van der Waals surface area contributed by atoms with Crippen molar-refractivity contribution in [1.29, 1.82) is 0 Å². The number of halogens is 1. The number of nitrogens with zero attached hydrogens (tertiary/aromatic N) is 2. The van der Waals surface area contributed by atoms with E-state index in [1.54, 1.807) is 36.4 Å². The van der Waals surface area contributed by atoms with E-state index in [-0.39, 0.29) is 29.8 Å². The maximum atomic E-state index is 14.6. The molecule has 7 nitrogen and oxygen atoms in total. The SMILES string of the molecule is Cc1ccc(CN(C(=O)CN(c2ccc(Cl)cc2)S(=O)(=O)c2ccc(C)cc2)[C@@H](Cc2ccccc2)C(=O)NC2CCCC2)cc1. The van der Waals surface area contributed by atoms with Gasteiger partial charge in [0.25, 0.3) is 10.0 Å². The molecule has 0 bridgehead atoms. The quantitative estimate of drug-likeness (QED) is 0.181. The van der Waals surface area contributed by atoms with Crippen LogP contribution in [0, 0.1) is 13.8 Å². The predicted molar refractivity (Wildman–Crippen MR) is 183 cm³/mol. The summed E-state index contributed by atoms with van der Waals surface area (Å²) in [5, 5.41) is 3.64. The second-order valence-corrected chi connectivity index (χ2v) is 14.3. The number of amides is 2. The molecule has 0 saturated heterocycles. The third-order valence-corrected chi connectivity index (χ3v) is 10.5. The lowest BCUT2D eigenvalue weighted by molar-refractivity contribution is -0.140. The molecule has 4 aromatic carbocycles. The molecule has 1 aliphatic rings. The molecular weight excluding hydrogens is 618 g/mol. The van der Waals surface area contributed by atoms with Crippen LogP contribution in [0.4, 0.5) is 5.69 Å². The van der Waals surface area contributed by atoms with Crippen LogP contribution in [0.25, 0.3) is 0 Å². The van der Waals surface area contributed by atoms with Crippen LogP contribution in [-0.4, -0.2) is 43.8 Å². The van der Waals surface area contributed by atoms with Crippen LogP contribution in [0.5, 0.6) is 0 Å². The van der Waals surface area contributed by atoms with Crippen molar-refractivity contribution in [3.63, 3.8) is 0 Å². The van der Waals surface area contributed by atoms with Crippen molar-refractivity contribution in [3.05, 3.63) is 130 Å². The Morgan fingerprint density at radius 2 is 1.39 bits per heavy atom. The van der Waals surface area contributed by atoms with Gasteiger partial charge in [-0.05, 0) is 74.2 Å². The Bertz CT molecular complexity index is 1720. The summed E-state index contributed by atoms with van der Waals surface area (Å²) in [5.41, 5.74) is 4.01. The molecule has 1 atom stereocenters. The number of hydrogen-bond acceptors (Lipinski definition) is 4. The summed E-state index contributed by atoms with van der Waals surface area (Å²) in [6, 6.07) is 29.4. The van der Waals surface area contributed by atoms with Gasteiger partial charge < -0.3 is 10.2 Å². The van der Waals surface area contributed by atoms with Crippen LogP contribution in [-0.2, 0) is 32.6 Å². The monoisotopic (exact) mass is 657 g/mol. The van der Waals surface area contributed by atoms with E-state index in [4.69, 9.17) is 11.6 Å². The van der Waals surface area contributed by atoms with Crippen LogP contribution < -0.4 is 9.62 Å². The average Bonchev–Trinajstić information content (AvgIpc) is 3.56. The van der Waals surface area contributed by atoms with Crippen molar-refractivity contribution in [3.8, 4) is 0 Å². The Morgan fingerprint density at radius 1 is 0.804 bits per heavy atom. The van der Waals surface area contributed by atoms with Gasteiger partial charge in [-0.3, -0.25) is 13.9 Å². The highest BCUT2D eigenvalue weighted by molar-refractivity contribution is 7.92. The molecule has 5 rings (SSSR count). The molecule has 2 amide bonds. The summed E-state index contributed by atoms with van der Waals surface area (Å²) in [6.07, 6.45) is 4.17. The first-order valence-electron chi connectivity index (χ1n) is 15.6. The van der Waals surface area contributed by atoms with Gasteiger partial charge in [0.15, 0.2) is 0 Å². The van der Waals surface area contributed by atoms with E-state index in [1.807, 2.05) is 68.4 Å². The Labute approximate surface area is 277 Å². The molecule has 0 unspecified atom stereocenters. The van der Waals surface area contributed by atoms with Gasteiger partial charge in [0.05, 0.1) is 10.6 Å². The summed E-state index contributed by atoms with van der Waals surface area (Å²) in [6.45, 7) is 3.49. The fourth-order valence-electron chi connectivity index (χ4n) is 5.79. The Kier molecular flexibility index (Phi) is 10.8. The van der Waals surface area contributed by atoms with Crippen molar-refractivity contribution in [2.75, 3.05) is 10.8 Å². The number of sulfonamides is 1. The highest BCUT2D eigenvalue weighted by Gasteiger charge is 2.35. The van der Waals surface area contributed by atoms with Crippen LogP contribution in [0.3, 0.4) is 0 Å². The minimum Gasteiger partial charge on any atom is -0.352 e. The molecule has 0 heterocycles. The number of aryl methyl sites for hydroxylation is 2. The average molecular weight is 658 g/mol. The summed E-state index contributed by atoms with van der Waals surface area (Å²) in [5.74, 6) is -0.732. The maximum Gasteiger partial charge on any atom is 0.264 e. The molecule has 0 radical (unpaired) electrons. The van der Waals surface area contributed by atoms with Gasteiger partial charge in [0.1, 0.15) is 12.6 Å². The van der Waals surface area contributed by atoms with Crippen molar-refractivity contribution >= 4 is 39.1 Å². The van der Waals surface area contributed by atoms with E-state index in [9.17, 15) is 18.0 Å². The summed E-state index contributed by atoms with van der Waals surface area (Å²) >= 11 is 6.16. The summed E-state index contributed by atoms with van der Waals surface area (Å²) < 4.78 is 29.4. The largest absolute Gasteiger partial charge is 0.352 e. The molecule has 1 fully saturated rings. The maximum absolute atomic E-state index is 14.6. The second kappa shape index (κ2) is 15.0. The lowest BCUT2D eigenvalue weighted by Gasteiger charge is -2.34. The van der Waals surface area contributed by atoms with E-state index < -0.39 is 28.5 Å². The van der Waals surface area contributed by atoms with Gasteiger partial charge in [0.2, 0.25) is 11.8 Å². The van der Waals surface area contributed by atoms with Gasteiger partial charge in [0, 0.05) is 24.0 Å². The first kappa shape index (κ1) is 33.2. The summed E-state index contributed by atoms with van der Waals surface area (Å²) in [4.78, 5) is 30.3. The number of carbonyl (C=O) groups is 2. The van der Waals surface area contributed by atoms with Crippen LogP contribution in [0.1, 0.15) is 47.9 Å². The number of carbonyl (C=O) groups excluding carboxylic acids is 2. The molecule has 240 valence electrons. The van der Waals surface area contributed by atoms with Crippen molar-refractivity contribution in [2.45, 2.75) is 69.5 Å². The van der Waals surface area contributed by atoms with Gasteiger partial charge >= 0.3 is 0 Å². The third-order valence-electron chi connectivity index (χ3n) is 8.45. The summed E-state index contributed by atoms with van der Waals surface area (Å²) in [7, 11) is -4.17. The third kappa shape index (κ3) is 8.36. The number of benzene rings is 4. The predicted octanol–water partition coefficient (Wildman–Crippen LogP) is 6.85. The molecule has 0 aromatic heterocycles. The highest BCUT2D eigenvalue weighted by Crippen LogP contribution is 2.27. The smallest absolute Gasteiger partial charge is 0.264 e. The first-order chi connectivity index (χ1) is 22.1. The minimum absolute atomic E-state index is 0.0505. The molecule has 9 heteroatoms. The topological polar surface area (TPSA) is 86.8 Å². The number of hydrogen-bond donors (Lipinski definition) is 1. The first-order valence-corrected chi connectivity index (χ1v) is 17.5. The molecular formula is C37H40ClN3O4S. The molecule has 46 heavy (non-hydrogen) atoms. The van der Waals surface area contributed by atoms with Gasteiger partial charge in [-0.25, -0.2) is 8.42 Å². The van der Waals surface area contributed by atoms with Crippen molar-refractivity contribution in [2.24, 2.45) is 0 Å². The normalized spacial score (nSPS) is 14.1. The van der Waals surface area contributed by atoms with E-state index in [0.29, 0.717) is 10.7 Å². The standard InChI is InChI=1S/C37H40ClN3O4S/c1-27-12-16-30(17-13-27)25-40(35(24-29-8-4-3-5-9-29)37(43)39-32-10-6-7-11-32)36(42)26-41(33-20-18-31(38)19-21-33)46(44,45)34-22-14-28(2)15-23-34/h3-5,8-9,12-23,32,35H,6-7,10-11,24-26H2,1-2H3,(H,39,43)/t35-/m0/s1. The van der Waals surface area contributed by atoms with Crippen LogP contribution in [0.2, 0.25) is 5.02 Å². The molecule has 4 aromatic rings. The number of anilines is 1. The molecule has 1 saturated carbocycles. The zero-order valence-corrected chi connectivity index (χ0v) is 27.8. The van der Waals surface area contributed by atoms with Gasteiger partial charge in [-0.2, -0.15) is 0 Å². The fourth-order valence-corrected chi connectivity index (χ4v) is 7.33. The Balaban J connectivity index is 1.55. The van der Waals surface area contributed by atoms with E-state index >= 15 is 0 Å². The van der Waals surface area contributed by atoms with Gasteiger partial charge in [-0.15, -0.1) is 0 Å².